The molecule has 1 unspecified atom stereocenters. The predicted octanol–water partition coefficient (Wildman–Crippen LogP) is 1.26. The lowest BCUT2D eigenvalue weighted by atomic mass is 10.2. The van der Waals surface area contributed by atoms with E-state index >= 15 is 0 Å². The Morgan fingerprint density at radius 3 is 2.80 bits per heavy atom. The molecule has 0 aliphatic heterocycles. The molecule has 8 nitrogen and oxygen atoms in total. The number of aromatic nitrogens is 4. The summed E-state index contributed by atoms with van der Waals surface area (Å²) in [4.78, 5) is 12.3. The van der Waals surface area contributed by atoms with Gasteiger partial charge in [-0.25, -0.2) is 4.68 Å². The summed E-state index contributed by atoms with van der Waals surface area (Å²) in [7, 11) is 0. The van der Waals surface area contributed by atoms with Gasteiger partial charge in [-0.2, -0.15) is 5.10 Å². The predicted molar refractivity (Wildman–Crippen MR) is 95.3 cm³/mol. The zero-order chi connectivity index (χ0) is 17.1. The number of nitrogens with zero attached hydrogens (tertiary/aromatic N) is 4. The van der Waals surface area contributed by atoms with Gasteiger partial charge < -0.3 is 15.8 Å². The zero-order valence-electron chi connectivity index (χ0n) is 14.3. The van der Waals surface area contributed by atoms with E-state index in [2.05, 4.69) is 20.6 Å². The molecule has 1 atom stereocenters. The number of halogens is 1. The third-order valence-corrected chi connectivity index (χ3v) is 4.12. The highest BCUT2D eigenvalue weighted by atomic mass is 35.5. The maximum absolute atomic E-state index is 12.3. The highest BCUT2D eigenvalue weighted by molar-refractivity contribution is 5.95. The van der Waals surface area contributed by atoms with E-state index in [1.54, 1.807) is 16.8 Å². The Morgan fingerprint density at radius 2 is 2.20 bits per heavy atom. The Morgan fingerprint density at radius 1 is 1.44 bits per heavy atom. The van der Waals surface area contributed by atoms with Crippen LogP contribution in [0.25, 0.3) is 5.82 Å². The standard InChI is InChI=1S/C16H22N6O2.ClH/c1-3-24-15-7-6-14(20-21-15)22-10(2)12(8-19-22)16(23)18-9-13(17)11-4-5-11;/h6-8,11,13H,3-5,9,17H2,1-2H3,(H,18,23);1H. The molecule has 0 spiro atoms. The van der Waals surface area contributed by atoms with Gasteiger partial charge in [0.05, 0.1) is 24.1 Å². The van der Waals surface area contributed by atoms with E-state index in [9.17, 15) is 4.79 Å². The van der Waals surface area contributed by atoms with Crippen LogP contribution >= 0.6 is 12.4 Å². The number of nitrogens with two attached hydrogens (primary N) is 1. The van der Waals surface area contributed by atoms with Gasteiger partial charge in [-0.3, -0.25) is 4.79 Å². The Kier molecular flexibility index (Phi) is 6.33. The Balaban J connectivity index is 0.00000225. The van der Waals surface area contributed by atoms with E-state index in [4.69, 9.17) is 10.5 Å². The van der Waals surface area contributed by atoms with Gasteiger partial charge in [0.15, 0.2) is 5.82 Å². The summed E-state index contributed by atoms with van der Waals surface area (Å²) in [6, 6.07) is 3.51. The Bertz CT molecular complexity index is 714. The van der Waals surface area contributed by atoms with Crippen LogP contribution in [0.3, 0.4) is 0 Å². The number of nitrogens with one attached hydrogen (secondary N) is 1. The molecule has 136 valence electrons. The van der Waals surface area contributed by atoms with Gasteiger partial charge in [-0.05, 0) is 38.7 Å². The number of hydrogen-bond donors (Lipinski definition) is 2. The average Bonchev–Trinajstić information content (AvgIpc) is 3.36. The maximum Gasteiger partial charge on any atom is 0.254 e. The molecule has 1 fully saturated rings. The second kappa shape index (κ2) is 8.26. The molecular formula is C16H23ClN6O2. The molecule has 2 aromatic heterocycles. The molecule has 0 bridgehead atoms. The van der Waals surface area contributed by atoms with E-state index in [1.165, 1.54) is 6.20 Å². The molecule has 1 amide bonds. The van der Waals surface area contributed by atoms with Crippen LogP contribution in [0.2, 0.25) is 0 Å². The topological polar surface area (TPSA) is 108 Å². The fraction of sp³-hybridized carbons (Fsp3) is 0.500. The molecule has 1 saturated carbocycles. The van der Waals surface area contributed by atoms with Gasteiger partial charge in [-0.15, -0.1) is 22.6 Å². The summed E-state index contributed by atoms with van der Waals surface area (Å²) >= 11 is 0. The first-order chi connectivity index (χ1) is 11.6. The monoisotopic (exact) mass is 366 g/mol. The van der Waals surface area contributed by atoms with Gasteiger partial charge >= 0.3 is 0 Å². The Hall–Kier alpha value is -2.19. The second-order valence-electron chi connectivity index (χ2n) is 5.93. The summed E-state index contributed by atoms with van der Waals surface area (Å²) in [5, 5.41) is 15.2. The summed E-state index contributed by atoms with van der Waals surface area (Å²) in [6.07, 6.45) is 3.85. The average molecular weight is 367 g/mol. The fourth-order valence-corrected chi connectivity index (χ4v) is 2.51. The number of amides is 1. The molecule has 1 aliphatic carbocycles. The second-order valence-corrected chi connectivity index (χ2v) is 5.93. The molecule has 3 N–H and O–H groups in total. The smallest absolute Gasteiger partial charge is 0.254 e. The lowest BCUT2D eigenvalue weighted by Crippen LogP contribution is -2.38. The third-order valence-electron chi connectivity index (χ3n) is 4.12. The molecular weight excluding hydrogens is 344 g/mol. The van der Waals surface area contributed by atoms with Crippen LogP contribution in [0.15, 0.2) is 18.3 Å². The quantitative estimate of drug-likeness (QED) is 0.763. The first-order valence-corrected chi connectivity index (χ1v) is 8.15. The minimum Gasteiger partial charge on any atom is -0.477 e. The summed E-state index contributed by atoms with van der Waals surface area (Å²) in [5.41, 5.74) is 7.22. The molecule has 2 aromatic rings. The van der Waals surface area contributed by atoms with Crippen LogP contribution in [-0.2, 0) is 0 Å². The Labute approximate surface area is 152 Å². The van der Waals surface area contributed by atoms with Crippen LogP contribution in [0.5, 0.6) is 5.88 Å². The SMILES string of the molecule is CCOc1ccc(-n2ncc(C(=O)NCC(N)C3CC3)c2C)nn1.Cl. The maximum atomic E-state index is 12.3. The van der Waals surface area contributed by atoms with Crippen LogP contribution in [0.1, 0.15) is 35.8 Å². The van der Waals surface area contributed by atoms with Gasteiger partial charge in [0.2, 0.25) is 5.88 Å². The van der Waals surface area contributed by atoms with Gasteiger partial charge in [0.1, 0.15) is 0 Å². The van der Waals surface area contributed by atoms with Crippen LogP contribution in [0.4, 0.5) is 0 Å². The van der Waals surface area contributed by atoms with Crippen molar-refractivity contribution in [2.24, 2.45) is 11.7 Å². The van der Waals surface area contributed by atoms with E-state index in [0.29, 0.717) is 42.0 Å². The first-order valence-electron chi connectivity index (χ1n) is 8.15. The minimum atomic E-state index is -0.172. The zero-order valence-corrected chi connectivity index (χ0v) is 15.1. The number of rotatable bonds is 7. The van der Waals surface area contributed by atoms with E-state index in [-0.39, 0.29) is 24.4 Å². The number of hydrogen-bond acceptors (Lipinski definition) is 6. The third kappa shape index (κ3) is 4.46. The number of carbonyl (C=O) groups is 1. The van der Waals surface area contributed by atoms with Crippen molar-refractivity contribution >= 4 is 18.3 Å². The highest BCUT2D eigenvalue weighted by Gasteiger charge is 2.28. The molecule has 2 heterocycles. The molecule has 0 radical (unpaired) electrons. The summed E-state index contributed by atoms with van der Waals surface area (Å²) in [6.45, 7) is 4.72. The highest BCUT2D eigenvalue weighted by Crippen LogP contribution is 2.31. The van der Waals surface area contributed by atoms with Crippen LogP contribution in [-0.4, -0.2) is 45.1 Å². The first kappa shape index (κ1) is 19.1. The molecule has 0 saturated heterocycles. The van der Waals surface area contributed by atoms with Crippen molar-refractivity contribution in [2.45, 2.75) is 32.7 Å². The normalized spacial score (nSPS) is 14.5. The number of carbonyl (C=O) groups excluding carboxylic acids is 1. The minimum absolute atomic E-state index is 0. The van der Waals surface area contributed by atoms with Gasteiger partial charge in [-0.1, -0.05) is 0 Å². The van der Waals surface area contributed by atoms with Crippen molar-refractivity contribution in [1.82, 2.24) is 25.3 Å². The van der Waals surface area contributed by atoms with Crippen LogP contribution < -0.4 is 15.8 Å². The molecule has 3 rings (SSSR count). The largest absolute Gasteiger partial charge is 0.477 e. The van der Waals surface area contributed by atoms with Crippen molar-refractivity contribution in [2.75, 3.05) is 13.2 Å². The van der Waals surface area contributed by atoms with E-state index in [0.717, 1.165) is 12.8 Å². The van der Waals surface area contributed by atoms with E-state index in [1.807, 2.05) is 13.8 Å². The van der Waals surface area contributed by atoms with E-state index < -0.39 is 0 Å². The molecule has 1 aliphatic rings. The van der Waals surface area contributed by atoms with Crippen molar-refractivity contribution in [1.29, 1.82) is 0 Å². The molecule has 0 aromatic carbocycles. The fourth-order valence-electron chi connectivity index (χ4n) is 2.51. The molecule has 9 heteroatoms. The van der Waals surface area contributed by atoms with Crippen molar-refractivity contribution < 1.29 is 9.53 Å². The summed E-state index contributed by atoms with van der Waals surface area (Å²) in [5.74, 6) is 1.37. The van der Waals surface area contributed by atoms with Crippen molar-refractivity contribution in [3.05, 3.63) is 29.6 Å². The van der Waals surface area contributed by atoms with Crippen molar-refractivity contribution in [3.8, 4) is 11.7 Å². The molecule has 25 heavy (non-hydrogen) atoms. The van der Waals surface area contributed by atoms with Crippen molar-refractivity contribution in [3.63, 3.8) is 0 Å². The lowest BCUT2D eigenvalue weighted by Gasteiger charge is -2.11. The summed E-state index contributed by atoms with van der Waals surface area (Å²) < 4.78 is 6.85. The lowest BCUT2D eigenvalue weighted by molar-refractivity contribution is 0.0949. The van der Waals surface area contributed by atoms with Gasteiger partial charge in [0.25, 0.3) is 5.91 Å². The number of ether oxygens (including phenoxy) is 1. The van der Waals surface area contributed by atoms with Gasteiger partial charge in [0, 0.05) is 18.7 Å². The van der Waals surface area contributed by atoms with Crippen LogP contribution in [0, 0.1) is 12.8 Å².